The first-order valence-electron chi connectivity index (χ1n) is 5.73. The van der Waals surface area contributed by atoms with Crippen LogP contribution in [0.25, 0.3) is 11.3 Å². The van der Waals surface area contributed by atoms with Gasteiger partial charge in [0.2, 0.25) is 0 Å². The highest BCUT2D eigenvalue weighted by Crippen LogP contribution is 2.27. The van der Waals surface area contributed by atoms with Crippen molar-refractivity contribution in [2.24, 2.45) is 0 Å². The minimum atomic E-state index is -0.298. The minimum absolute atomic E-state index is 0.262. The van der Waals surface area contributed by atoms with Crippen LogP contribution >= 0.6 is 0 Å². The van der Waals surface area contributed by atoms with Crippen molar-refractivity contribution in [2.75, 3.05) is 5.73 Å². The first-order chi connectivity index (χ1) is 8.13. The number of halogens is 1. The Morgan fingerprint density at radius 2 is 2.12 bits per heavy atom. The standard InChI is InChI=1S/C13H16FN3/c1-3-9(2)17-8-12(15)13(16-17)10-6-4-5-7-11(10)14/h4-9H,3,15H2,1-2H3. The maximum Gasteiger partial charge on any atom is 0.132 e. The maximum atomic E-state index is 13.6. The highest BCUT2D eigenvalue weighted by molar-refractivity contribution is 5.72. The molecule has 0 spiro atoms. The van der Waals surface area contributed by atoms with Crippen LogP contribution in [0.15, 0.2) is 30.5 Å². The van der Waals surface area contributed by atoms with Crippen LogP contribution in [0.2, 0.25) is 0 Å². The van der Waals surface area contributed by atoms with Gasteiger partial charge in [-0.15, -0.1) is 0 Å². The SMILES string of the molecule is CCC(C)n1cc(N)c(-c2ccccc2F)n1. The van der Waals surface area contributed by atoms with Gasteiger partial charge < -0.3 is 5.73 Å². The van der Waals surface area contributed by atoms with Gasteiger partial charge in [-0.05, 0) is 25.5 Å². The van der Waals surface area contributed by atoms with Crippen molar-refractivity contribution in [2.45, 2.75) is 26.3 Å². The van der Waals surface area contributed by atoms with Crippen molar-refractivity contribution >= 4 is 5.69 Å². The summed E-state index contributed by atoms with van der Waals surface area (Å²) in [5.74, 6) is -0.298. The Morgan fingerprint density at radius 1 is 1.41 bits per heavy atom. The second-order valence-corrected chi connectivity index (χ2v) is 4.15. The predicted octanol–water partition coefficient (Wildman–Crippen LogP) is 3.24. The van der Waals surface area contributed by atoms with E-state index in [2.05, 4.69) is 18.9 Å². The zero-order valence-corrected chi connectivity index (χ0v) is 10.0. The Morgan fingerprint density at radius 3 is 2.76 bits per heavy atom. The van der Waals surface area contributed by atoms with Gasteiger partial charge in [-0.2, -0.15) is 5.10 Å². The zero-order chi connectivity index (χ0) is 12.4. The highest BCUT2D eigenvalue weighted by Gasteiger charge is 2.14. The van der Waals surface area contributed by atoms with E-state index < -0.39 is 0 Å². The fraction of sp³-hybridized carbons (Fsp3) is 0.308. The predicted molar refractivity (Wildman–Crippen MR) is 67.0 cm³/mol. The first-order valence-corrected chi connectivity index (χ1v) is 5.73. The summed E-state index contributed by atoms with van der Waals surface area (Å²) in [5.41, 5.74) is 7.36. The second kappa shape index (κ2) is 4.57. The lowest BCUT2D eigenvalue weighted by atomic mass is 10.1. The molecule has 2 N–H and O–H groups in total. The molecule has 2 aromatic rings. The van der Waals surface area contributed by atoms with Crippen molar-refractivity contribution in [3.63, 3.8) is 0 Å². The van der Waals surface area contributed by atoms with E-state index in [0.29, 0.717) is 16.9 Å². The molecule has 0 amide bonds. The van der Waals surface area contributed by atoms with E-state index in [4.69, 9.17) is 5.73 Å². The third-order valence-electron chi connectivity index (χ3n) is 2.93. The molecule has 0 aliphatic rings. The van der Waals surface area contributed by atoms with Gasteiger partial charge in [-0.3, -0.25) is 4.68 Å². The number of anilines is 1. The molecular formula is C13H16FN3. The quantitative estimate of drug-likeness (QED) is 0.884. The van der Waals surface area contributed by atoms with Crippen LogP contribution in [-0.4, -0.2) is 9.78 Å². The van der Waals surface area contributed by atoms with Crippen LogP contribution in [0.5, 0.6) is 0 Å². The molecule has 0 saturated carbocycles. The molecule has 0 aliphatic heterocycles. The van der Waals surface area contributed by atoms with E-state index in [1.807, 2.05) is 0 Å². The van der Waals surface area contributed by atoms with Crippen LogP contribution < -0.4 is 5.73 Å². The van der Waals surface area contributed by atoms with Gasteiger partial charge in [-0.1, -0.05) is 19.1 Å². The van der Waals surface area contributed by atoms with Crippen molar-refractivity contribution in [3.8, 4) is 11.3 Å². The van der Waals surface area contributed by atoms with Crippen LogP contribution in [0.1, 0.15) is 26.3 Å². The molecule has 0 aliphatic carbocycles. The van der Waals surface area contributed by atoms with Crippen molar-refractivity contribution in [1.29, 1.82) is 0 Å². The van der Waals surface area contributed by atoms with E-state index in [1.165, 1.54) is 6.07 Å². The monoisotopic (exact) mass is 233 g/mol. The molecule has 90 valence electrons. The fourth-order valence-electron chi connectivity index (χ4n) is 1.68. The molecule has 1 aromatic carbocycles. The van der Waals surface area contributed by atoms with Gasteiger partial charge in [0.1, 0.15) is 11.5 Å². The lowest BCUT2D eigenvalue weighted by Crippen LogP contribution is -2.04. The summed E-state index contributed by atoms with van der Waals surface area (Å²) in [5, 5.41) is 4.36. The summed E-state index contributed by atoms with van der Waals surface area (Å²) in [6.07, 6.45) is 2.72. The summed E-state index contributed by atoms with van der Waals surface area (Å²) in [4.78, 5) is 0. The molecule has 0 bridgehead atoms. The van der Waals surface area contributed by atoms with Gasteiger partial charge in [0.25, 0.3) is 0 Å². The molecule has 0 saturated heterocycles. The van der Waals surface area contributed by atoms with E-state index >= 15 is 0 Å². The summed E-state index contributed by atoms with van der Waals surface area (Å²) in [6.45, 7) is 4.13. The topological polar surface area (TPSA) is 43.8 Å². The fourth-order valence-corrected chi connectivity index (χ4v) is 1.68. The molecule has 0 fully saturated rings. The van der Waals surface area contributed by atoms with Crippen LogP contribution in [0.4, 0.5) is 10.1 Å². The normalized spacial score (nSPS) is 12.6. The number of aromatic nitrogens is 2. The Balaban J connectivity index is 2.47. The maximum absolute atomic E-state index is 13.6. The van der Waals surface area contributed by atoms with E-state index in [-0.39, 0.29) is 11.9 Å². The number of nitrogens with zero attached hydrogens (tertiary/aromatic N) is 2. The van der Waals surface area contributed by atoms with Gasteiger partial charge in [0.05, 0.1) is 5.69 Å². The smallest absolute Gasteiger partial charge is 0.132 e. The lowest BCUT2D eigenvalue weighted by molar-refractivity contribution is 0.479. The Labute approximate surface area is 100 Å². The number of benzene rings is 1. The third-order valence-corrected chi connectivity index (χ3v) is 2.93. The highest BCUT2D eigenvalue weighted by atomic mass is 19.1. The van der Waals surface area contributed by atoms with Crippen LogP contribution in [0, 0.1) is 5.82 Å². The molecule has 4 heteroatoms. The number of nitrogen functional groups attached to an aromatic ring is 1. The first kappa shape index (κ1) is 11.6. The lowest BCUT2D eigenvalue weighted by Gasteiger charge is -2.07. The van der Waals surface area contributed by atoms with E-state index in [9.17, 15) is 4.39 Å². The van der Waals surface area contributed by atoms with E-state index in [0.717, 1.165) is 6.42 Å². The molecule has 1 atom stereocenters. The molecule has 1 unspecified atom stereocenters. The molecule has 0 radical (unpaired) electrons. The number of hydrogen-bond acceptors (Lipinski definition) is 2. The molecule has 3 nitrogen and oxygen atoms in total. The molecular weight excluding hydrogens is 217 g/mol. The Hall–Kier alpha value is -1.84. The van der Waals surface area contributed by atoms with E-state index in [1.54, 1.807) is 29.1 Å². The summed E-state index contributed by atoms with van der Waals surface area (Å²) in [7, 11) is 0. The average Bonchev–Trinajstić information content (AvgIpc) is 2.71. The molecule has 2 rings (SSSR count). The van der Waals surface area contributed by atoms with Crippen molar-refractivity contribution in [3.05, 3.63) is 36.3 Å². The molecule has 17 heavy (non-hydrogen) atoms. The van der Waals surface area contributed by atoms with Gasteiger partial charge >= 0.3 is 0 Å². The average molecular weight is 233 g/mol. The number of hydrogen-bond donors (Lipinski definition) is 1. The molecule has 1 heterocycles. The molecule has 1 aromatic heterocycles. The Bertz CT molecular complexity index is 519. The van der Waals surface area contributed by atoms with Crippen molar-refractivity contribution in [1.82, 2.24) is 9.78 Å². The van der Waals surface area contributed by atoms with Crippen molar-refractivity contribution < 1.29 is 4.39 Å². The third kappa shape index (κ3) is 2.16. The summed E-state index contributed by atoms with van der Waals surface area (Å²) >= 11 is 0. The largest absolute Gasteiger partial charge is 0.396 e. The summed E-state index contributed by atoms with van der Waals surface area (Å²) < 4.78 is 15.4. The van der Waals surface area contributed by atoms with Gasteiger partial charge in [0.15, 0.2) is 0 Å². The zero-order valence-electron chi connectivity index (χ0n) is 10.0. The van der Waals surface area contributed by atoms with Crippen LogP contribution in [-0.2, 0) is 0 Å². The number of rotatable bonds is 3. The number of nitrogens with two attached hydrogens (primary N) is 1. The second-order valence-electron chi connectivity index (χ2n) is 4.15. The van der Waals surface area contributed by atoms with Crippen LogP contribution in [0.3, 0.4) is 0 Å². The van der Waals surface area contributed by atoms with Gasteiger partial charge in [-0.25, -0.2) is 4.39 Å². The van der Waals surface area contributed by atoms with Gasteiger partial charge in [0, 0.05) is 17.8 Å². The summed E-state index contributed by atoms with van der Waals surface area (Å²) in [6, 6.07) is 6.80. The Kier molecular flexibility index (Phi) is 3.13. The minimum Gasteiger partial charge on any atom is -0.396 e.